The highest BCUT2D eigenvalue weighted by Gasteiger charge is 2.28. The SMILES string of the molecule is CNC(=O)C1CCN(c2nc(C)cc(C)c2C(=O)O)CC1. The van der Waals surface area contributed by atoms with Gasteiger partial charge in [-0.15, -0.1) is 0 Å². The molecule has 0 aromatic carbocycles. The van der Waals surface area contributed by atoms with E-state index in [1.54, 1.807) is 20.0 Å². The van der Waals surface area contributed by atoms with Crippen molar-refractivity contribution in [1.82, 2.24) is 10.3 Å². The molecule has 1 aromatic heterocycles. The van der Waals surface area contributed by atoms with E-state index < -0.39 is 5.97 Å². The first kappa shape index (κ1) is 15.3. The number of carboxylic acids is 1. The maximum Gasteiger partial charge on any atom is 0.339 e. The van der Waals surface area contributed by atoms with Gasteiger partial charge < -0.3 is 15.3 Å². The van der Waals surface area contributed by atoms with Crippen molar-refractivity contribution >= 4 is 17.7 Å². The molecule has 2 N–H and O–H groups in total. The van der Waals surface area contributed by atoms with E-state index in [-0.39, 0.29) is 17.4 Å². The molecule has 6 nitrogen and oxygen atoms in total. The van der Waals surface area contributed by atoms with Crippen LogP contribution in [-0.2, 0) is 4.79 Å². The number of nitrogens with zero attached hydrogens (tertiary/aromatic N) is 2. The summed E-state index contributed by atoms with van der Waals surface area (Å²) < 4.78 is 0. The quantitative estimate of drug-likeness (QED) is 0.878. The Morgan fingerprint density at radius 1 is 1.33 bits per heavy atom. The predicted octanol–water partition coefficient (Wildman–Crippen LogP) is 1.36. The van der Waals surface area contributed by atoms with Crippen molar-refractivity contribution in [3.8, 4) is 0 Å². The van der Waals surface area contributed by atoms with Gasteiger partial charge in [0.05, 0.1) is 0 Å². The minimum absolute atomic E-state index is 0.00503. The summed E-state index contributed by atoms with van der Waals surface area (Å²) in [7, 11) is 1.64. The number of hydrogen-bond acceptors (Lipinski definition) is 4. The lowest BCUT2D eigenvalue weighted by atomic mass is 9.95. The summed E-state index contributed by atoms with van der Waals surface area (Å²) in [5.74, 6) is -0.370. The summed E-state index contributed by atoms with van der Waals surface area (Å²) in [6.07, 6.45) is 1.43. The van der Waals surface area contributed by atoms with Crippen molar-refractivity contribution in [3.63, 3.8) is 0 Å². The van der Waals surface area contributed by atoms with Crippen molar-refractivity contribution in [3.05, 3.63) is 22.9 Å². The van der Waals surface area contributed by atoms with E-state index in [9.17, 15) is 14.7 Å². The van der Waals surface area contributed by atoms with Crippen LogP contribution in [0.5, 0.6) is 0 Å². The zero-order valence-electron chi connectivity index (χ0n) is 12.6. The van der Waals surface area contributed by atoms with Gasteiger partial charge in [-0.2, -0.15) is 0 Å². The number of nitrogens with one attached hydrogen (secondary N) is 1. The number of rotatable bonds is 3. The second-order valence-electron chi connectivity index (χ2n) is 5.46. The van der Waals surface area contributed by atoms with Gasteiger partial charge >= 0.3 is 5.97 Å². The van der Waals surface area contributed by atoms with Crippen molar-refractivity contribution < 1.29 is 14.7 Å². The molecular formula is C15H21N3O3. The Bertz CT molecular complexity index is 564. The van der Waals surface area contributed by atoms with Gasteiger partial charge in [-0.25, -0.2) is 9.78 Å². The molecule has 1 aromatic rings. The Kier molecular flexibility index (Phi) is 4.45. The number of aromatic carboxylic acids is 1. The summed E-state index contributed by atoms with van der Waals surface area (Å²) in [4.78, 5) is 29.5. The maximum atomic E-state index is 11.7. The third-order valence-electron chi connectivity index (χ3n) is 3.95. The number of piperidine rings is 1. The van der Waals surface area contributed by atoms with E-state index in [4.69, 9.17) is 0 Å². The van der Waals surface area contributed by atoms with Crippen molar-refractivity contribution in [2.45, 2.75) is 26.7 Å². The fourth-order valence-electron chi connectivity index (χ4n) is 2.87. The number of hydrogen-bond donors (Lipinski definition) is 2. The molecule has 114 valence electrons. The van der Waals surface area contributed by atoms with Crippen molar-refractivity contribution in [2.75, 3.05) is 25.0 Å². The number of anilines is 1. The van der Waals surface area contributed by atoms with E-state index in [0.29, 0.717) is 31.7 Å². The summed E-state index contributed by atoms with van der Waals surface area (Å²) in [5.41, 5.74) is 1.79. The molecule has 2 heterocycles. The number of carboxylic acid groups (broad SMARTS) is 1. The molecule has 0 aliphatic carbocycles. The van der Waals surface area contributed by atoms with Gasteiger partial charge in [0, 0.05) is 31.7 Å². The Labute approximate surface area is 124 Å². The van der Waals surface area contributed by atoms with Gasteiger partial charge in [-0.05, 0) is 38.3 Å². The highest BCUT2D eigenvalue weighted by atomic mass is 16.4. The maximum absolute atomic E-state index is 11.7. The van der Waals surface area contributed by atoms with Crippen LogP contribution in [0.25, 0.3) is 0 Å². The smallest absolute Gasteiger partial charge is 0.339 e. The first-order valence-corrected chi connectivity index (χ1v) is 7.12. The molecule has 1 aliphatic heterocycles. The zero-order valence-corrected chi connectivity index (χ0v) is 12.6. The first-order valence-electron chi connectivity index (χ1n) is 7.12. The molecular weight excluding hydrogens is 270 g/mol. The van der Waals surface area contributed by atoms with E-state index in [1.165, 1.54) is 0 Å². The number of carbonyl (C=O) groups excluding carboxylic acids is 1. The van der Waals surface area contributed by atoms with E-state index in [0.717, 1.165) is 11.3 Å². The van der Waals surface area contributed by atoms with Gasteiger partial charge in [0.1, 0.15) is 11.4 Å². The van der Waals surface area contributed by atoms with Crippen LogP contribution in [0.4, 0.5) is 5.82 Å². The van der Waals surface area contributed by atoms with Gasteiger partial charge in [-0.1, -0.05) is 0 Å². The number of carbonyl (C=O) groups is 2. The summed E-state index contributed by atoms with van der Waals surface area (Å²) in [5, 5.41) is 12.1. The topological polar surface area (TPSA) is 82.5 Å². The third kappa shape index (κ3) is 3.15. The molecule has 0 atom stereocenters. The highest BCUT2D eigenvalue weighted by Crippen LogP contribution is 2.27. The van der Waals surface area contributed by atoms with E-state index in [2.05, 4.69) is 10.3 Å². The average Bonchev–Trinajstić information content (AvgIpc) is 2.45. The van der Waals surface area contributed by atoms with Crippen LogP contribution in [0.1, 0.15) is 34.5 Å². The summed E-state index contributed by atoms with van der Waals surface area (Å²) in [6, 6.07) is 1.78. The Hall–Kier alpha value is -2.11. The monoisotopic (exact) mass is 291 g/mol. The molecule has 1 amide bonds. The van der Waals surface area contributed by atoms with Crippen LogP contribution < -0.4 is 10.2 Å². The Morgan fingerprint density at radius 3 is 2.48 bits per heavy atom. The predicted molar refractivity (Wildman–Crippen MR) is 79.7 cm³/mol. The molecule has 0 saturated carbocycles. The first-order chi connectivity index (χ1) is 9.93. The van der Waals surface area contributed by atoms with Crippen LogP contribution in [0, 0.1) is 19.8 Å². The van der Waals surface area contributed by atoms with Gasteiger partial charge in [-0.3, -0.25) is 4.79 Å². The fourth-order valence-corrected chi connectivity index (χ4v) is 2.87. The lowest BCUT2D eigenvalue weighted by molar-refractivity contribution is -0.125. The van der Waals surface area contributed by atoms with Crippen LogP contribution >= 0.6 is 0 Å². The minimum Gasteiger partial charge on any atom is -0.478 e. The van der Waals surface area contributed by atoms with Crippen molar-refractivity contribution in [1.29, 1.82) is 0 Å². The molecule has 1 saturated heterocycles. The van der Waals surface area contributed by atoms with Crippen LogP contribution in [0.15, 0.2) is 6.07 Å². The Balaban J connectivity index is 2.24. The summed E-state index contributed by atoms with van der Waals surface area (Å²) in [6.45, 7) is 4.95. The second kappa shape index (κ2) is 6.11. The van der Waals surface area contributed by atoms with Crippen LogP contribution in [-0.4, -0.2) is 42.1 Å². The largest absolute Gasteiger partial charge is 0.478 e. The standard InChI is InChI=1S/C15H21N3O3/c1-9-8-10(2)17-13(12(9)15(20)21)18-6-4-11(5-7-18)14(19)16-3/h8,11H,4-7H2,1-3H3,(H,16,19)(H,20,21). The molecule has 21 heavy (non-hydrogen) atoms. The van der Waals surface area contributed by atoms with Gasteiger partial charge in [0.2, 0.25) is 5.91 Å². The molecule has 6 heteroatoms. The second-order valence-corrected chi connectivity index (χ2v) is 5.46. The number of amides is 1. The van der Waals surface area contributed by atoms with Gasteiger partial charge in [0.15, 0.2) is 0 Å². The molecule has 0 unspecified atom stereocenters. The highest BCUT2D eigenvalue weighted by molar-refractivity contribution is 5.95. The number of aryl methyl sites for hydroxylation is 2. The van der Waals surface area contributed by atoms with E-state index in [1.807, 2.05) is 11.8 Å². The zero-order chi connectivity index (χ0) is 15.6. The van der Waals surface area contributed by atoms with Crippen LogP contribution in [0.2, 0.25) is 0 Å². The van der Waals surface area contributed by atoms with E-state index >= 15 is 0 Å². The fraction of sp³-hybridized carbons (Fsp3) is 0.533. The Morgan fingerprint density at radius 2 is 1.95 bits per heavy atom. The lowest BCUT2D eigenvalue weighted by Crippen LogP contribution is -2.40. The van der Waals surface area contributed by atoms with Gasteiger partial charge in [0.25, 0.3) is 0 Å². The average molecular weight is 291 g/mol. The minimum atomic E-state index is -0.955. The summed E-state index contributed by atoms with van der Waals surface area (Å²) >= 11 is 0. The van der Waals surface area contributed by atoms with Crippen molar-refractivity contribution in [2.24, 2.45) is 5.92 Å². The molecule has 0 radical (unpaired) electrons. The molecule has 0 spiro atoms. The molecule has 1 fully saturated rings. The third-order valence-corrected chi connectivity index (χ3v) is 3.95. The van der Waals surface area contributed by atoms with Crippen LogP contribution in [0.3, 0.4) is 0 Å². The number of aromatic nitrogens is 1. The molecule has 2 rings (SSSR count). The number of pyridine rings is 1. The molecule has 0 bridgehead atoms. The normalized spacial score (nSPS) is 15.9. The lowest BCUT2D eigenvalue weighted by Gasteiger charge is -2.33. The molecule has 1 aliphatic rings.